The molecule has 1 aliphatic heterocycles. The van der Waals surface area contributed by atoms with Gasteiger partial charge in [-0.15, -0.1) is 0 Å². The van der Waals surface area contributed by atoms with Crippen molar-refractivity contribution in [1.29, 1.82) is 0 Å². The van der Waals surface area contributed by atoms with Crippen molar-refractivity contribution in [3.8, 4) is 0 Å². The van der Waals surface area contributed by atoms with E-state index in [1.54, 1.807) is 6.92 Å². The standard InChI is InChI=1S/C15H17NO5/c1-8-10(12(17)19-5)6-9(20-8)7-11-13(18)21-14(16-11)15(2,3)4/h6-7H,1-5H3/b11-7-. The van der Waals surface area contributed by atoms with Gasteiger partial charge in [-0.1, -0.05) is 20.8 Å². The molecule has 112 valence electrons. The third kappa shape index (κ3) is 3.04. The molecule has 6 nitrogen and oxygen atoms in total. The van der Waals surface area contributed by atoms with Crippen LogP contribution in [0.4, 0.5) is 0 Å². The molecule has 2 heterocycles. The zero-order valence-corrected chi connectivity index (χ0v) is 12.6. The first-order chi connectivity index (χ1) is 9.72. The molecule has 0 saturated heterocycles. The van der Waals surface area contributed by atoms with Crippen molar-refractivity contribution in [2.75, 3.05) is 7.11 Å². The van der Waals surface area contributed by atoms with Gasteiger partial charge in [-0.05, 0) is 13.0 Å². The summed E-state index contributed by atoms with van der Waals surface area (Å²) in [7, 11) is 1.29. The van der Waals surface area contributed by atoms with E-state index in [9.17, 15) is 9.59 Å². The van der Waals surface area contributed by atoms with Gasteiger partial charge >= 0.3 is 11.9 Å². The first kappa shape index (κ1) is 15.0. The fraction of sp³-hybridized carbons (Fsp3) is 0.400. The molecule has 21 heavy (non-hydrogen) atoms. The Bertz CT molecular complexity index is 658. The van der Waals surface area contributed by atoms with Gasteiger partial charge in [-0.2, -0.15) is 0 Å². The van der Waals surface area contributed by atoms with E-state index in [1.807, 2.05) is 20.8 Å². The molecule has 0 atom stereocenters. The largest absolute Gasteiger partial charge is 0.465 e. The molecule has 6 heteroatoms. The van der Waals surface area contributed by atoms with Crippen molar-refractivity contribution < 1.29 is 23.5 Å². The van der Waals surface area contributed by atoms with Crippen LogP contribution in [0, 0.1) is 12.3 Å². The molecule has 0 unspecified atom stereocenters. The van der Waals surface area contributed by atoms with E-state index in [0.717, 1.165) is 0 Å². The van der Waals surface area contributed by atoms with E-state index >= 15 is 0 Å². The Hall–Kier alpha value is -2.37. The lowest BCUT2D eigenvalue weighted by atomic mass is 9.97. The summed E-state index contributed by atoms with van der Waals surface area (Å²) >= 11 is 0. The van der Waals surface area contributed by atoms with Gasteiger partial charge in [0.25, 0.3) is 0 Å². The van der Waals surface area contributed by atoms with Gasteiger partial charge in [0.15, 0.2) is 5.70 Å². The molecule has 0 radical (unpaired) electrons. The Morgan fingerprint density at radius 3 is 2.57 bits per heavy atom. The lowest BCUT2D eigenvalue weighted by Crippen LogP contribution is -2.21. The van der Waals surface area contributed by atoms with Crippen LogP contribution < -0.4 is 0 Å². The predicted octanol–water partition coefficient (Wildman–Crippen LogP) is 2.72. The maximum atomic E-state index is 11.8. The zero-order valence-electron chi connectivity index (χ0n) is 12.6. The Morgan fingerprint density at radius 2 is 2.05 bits per heavy atom. The van der Waals surface area contributed by atoms with Gasteiger partial charge < -0.3 is 13.9 Å². The zero-order chi connectivity index (χ0) is 15.8. The number of aryl methyl sites for hydroxylation is 1. The van der Waals surface area contributed by atoms with Crippen molar-refractivity contribution in [2.24, 2.45) is 10.4 Å². The smallest absolute Gasteiger partial charge is 0.363 e. The number of furan rings is 1. The second-order valence-corrected chi connectivity index (χ2v) is 5.70. The van der Waals surface area contributed by atoms with E-state index in [-0.39, 0.29) is 11.1 Å². The molecule has 0 fully saturated rings. The third-order valence-corrected chi connectivity index (χ3v) is 2.88. The van der Waals surface area contributed by atoms with Crippen molar-refractivity contribution >= 4 is 23.9 Å². The van der Waals surface area contributed by atoms with Gasteiger partial charge in [-0.3, -0.25) is 0 Å². The number of carbonyl (C=O) groups is 2. The van der Waals surface area contributed by atoms with E-state index in [2.05, 4.69) is 9.73 Å². The monoisotopic (exact) mass is 291 g/mol. The molecule has 0 N–H and O–H groups in total. The van der Waals surface area contributed by atoms with Crippen molar-refractivity contribution in [2.45, 2.75) is 27.7 Å². The molecule has 0 saturated carbocycles. The molecular formula is C15H17NO5. The molecule has 0 spiro atoms. The summed E-state index contributed by atoms with van der Waals surface area (Å²) < 4.78 is 15.2. The summed E-state index contributed by atoms with van der Waals surface area (Å²) in [6.45, 7) is 7.34. The minimum absolute atomic E-state index is 0.144. The molecule has 1 aromatic rings. The summed E-state index contributed by atoms with van der Waals surface area (Å²) in [6, 6.07) is 1.51. The molecule has 2 rings (SSSR count). The fourth-order valence-electron chi connectivity index (χ4n) is 1.75. The summed E-state index contributed by atoms with van der Waals surface area (Å²) in [5, 5.41) is 0. The maximum Gasteiger partial charge on any atom is 0.363 e. The number of hydrogen-bond donors (Lipinski definition) is 0. The quantitative estimate of drug-likeness (QED) is 0.618. The topological polar surface area (TPSA) is 78.1 Å². The minimum Gasteiger partial charge on any atom is -0.465 e. The highest BCUT2D eigenvalue weighted by Crippen LogP contribution is 2.26. The van der Waals surface area contributed by atoms with Crippen LogP contribution in [-0.2, 0) is 14.3 Å². The highest BCUT2D eigenvalue weighted by Gasteiger charge is 2.31. The maximum absolute atomic E-state index is 11.8. The van der Waals surface area contributed by atoms with E-state index in [4.69, 9.17) is 9.15 Å². The van der Waals surface area contributed by atoms with Gasteiger partial charge in [0.1, 0.15) is 17.1 Å². The molecular weight excluding hydrogens is 274 g/mol. The van der Waals surface area contributed by atoms with E-state index in [0.29, 0.717) is 23.0 Å². The number of aliphatic imine (C=N–C) groups is 1. The SMILES string of the molecule is COC(=O)c1cc(/C=C2\N=C(C(C)(C)C)OC2=O)oc1C. The van der Waals surface area contributed by atoms with Gasteiger partial charge in [0.2, 0.25) is 5.90 Å². The lowest BCUT2D eigenvalue weighted by molar-refractivity contribution is -0.130. The summed E-state index contributed by atoms with van der Waals surface area (Å²) in [6.07, 6.45) is 1.44. The Balaban J connectivity index is 2.34. The fourth-order valence-corrected chi connectivity index (χ4v) is 1.75. The number of ether oxygens (including phenoxy) is 2. The van der Waals surface area contributed by atoms with Gasteiger partial charge in [0, 0.05) is 11.5 Å². The first-order valence-corrected chi connectivity index (χ1v) is 6.44. The number of carbonyl (C=O) groups excluding carboxylic acids is 2. The lowest BCUT2D eigenvalue weighted by Gasteiger charge is -2.15. The van der Waals surface area contributed by atoms with Crippen LogP contribution in [0.1, 0.15) is 42.6 Å². The van der Waals surface area contributed by atoms with Crippen LogP contribution >= 0.6 is 0 Å². The third-order valence-electron chi connectivity index (χ3n) is 2.88. The summed E-state index contributed by atoms with van der Waals surface area (Å²) in [4.78, 5) is 27.5. The van der Waals surface area contributed by atoms with Gasteiger partial charge in [-0.25, -0.2) is 14.6 Å². The average molecular weight is 291 g/mol. The Labute approximate surface area is 122 Å². The molecule has 1 aliphatic rings. The van der Waals surface area contributed by atoms with Crippen molar-refractivity contribution in [3.63, 3.8) is 0 Å². The number of cyclic esters (lactones) is 1. The van der Waals surface area contributed by atoms with Crippen LogP contribution in [0.2, 0.25) is 0 Å². The van der Waals surface area contributed by atoms with E-state index < -0.39 is 11.9 Å². The summed E-state index contributed by atoms with van der Waals surface area (Å²) in [5.74, 6) is 0.0939. The molecule has 1 aromatic heterocycles. The highest BCUT2D eigenvalue weighted by atomic mass is 16.6. The summed E-state index contributed by atoms with van der Waals surface area (Å²) in [5.41, 5.74) is 0.0995. The predicted molar refractivity (Wildman–Crippen MR) is 75.7 cm³/mol. The molecule has 0 amide bonds. The minimum atomic E-state index is -0.534. The van der Waals surface area contributed by atoms with Crippen LogP contribution in [0.15, 0.2) is 21.2 Å². The average Bonchev–Trinajstić information content (AvgIpc) is 2.93. The van der Waals surface area contributed by atoms with E-state index in [1.165, 1.54) is 19.3 Å². The second-order valence-electron chi connectivity index (χ2n) is 5.70. The normalized spacial score (nSPS) is 16.9. The van der Waals surface area contributed by atoms with Crippen LogP contribution in [0.3, 0.4) is 0 Å². The van der Waals surface area contributed by atoms with Crippen molar-refractivity contribution in [3.05, 3.63) is 28.8 Å². The molecule has 0 aliphatic carbocycles. The molecule has 0 aromatic carbocycles. The number of nitrogens with zero attached hydrogens (tertiary/aromatic N) is 1. The highest BCUT2D eigenvalue weighted by molar-refractivity contribution is 6.08. The van der Waals surface area contributed by atoms with Crippen LogP contribution in [0.5, 0.6) is 0 Å². The number of rotatable bonds is 2. The Kier molecular flexibility index (Phi) is 3.72. The number of methoxy groups -OCH3 is 1. The van der Waals surface area contributed by atoms with Crippen molar-refractivity contribution in [1.82, 2.24) is 0 Å². The number of esters is 2. The Morgan fingerprint density at radius 1 is 1.38 bits per heavy atom. The molecule has 0 bridgehead atoms. The van der Waals surface area contributed by atoms with Crippen LogP contribution in [-0.4, -0.2) is 24.9 Å². The number of hydrogen-bond acceptors (Lipinski definition) is 6. The second kappa shape index (κ2) is 5.20. The van der Waals surface area contributed by atoms with Gasteiger partial charge in [0.05, 0.1) is 7.11 Å². The van der Waals surface area contributed by atoms with Crippen LogP contribution in [0.25, 0.3) is 6.08 Å². The first-order valence-electron chi connectivity index (χ1n) is 6.44.